The number of hydrogen-bond acceptors (Lipinski definition) is 2. The minimum absolute atomic E-state index is 0.241. The molecule has 1 heterocycles. The molecule has 0 bridgehead atoms. The maximum atomic E-state index is 5.18. The second-order valence-electron chi connectivity index (χ2n) is 3.94. The summed E-state index contributed by atoms with van der Waals surface area (Å²) >= 11 is 0. The number of ether oxygens (including phenoxy) is 1. The standard InChI is InChI=1S/C9H19NO/c1-9(2,8-11-3)10-6-4-5-7-10/h4-8H2,1-3H3. The van der Waals surface area contributed by atoms with Crippen molar-refractivity contribution in [3.8, 4) is 0 Å². The quantitative estimate of drug-likeness (QED) is 0.615. The van der Waals surface area contributed by atoms with Crippen molar-refractivity contribution < 1.29 is 4.74 Å². The van der Waals surface area contributed by atoms with Crippen LogP contribution in [0.25, 0.3) is 0 Å². The fraction of sp³-hybridized carbons (Fsp3) is 1.00. The molecule has 1 fully saturated rings. The van der Waals surface area contributed by atoms with Crippen LogP contribution < -0.4 is 0 Å². The Labute approximate surface area is 69.5 Å². The van der Waals surface area contributed by atoms with Gasteiger partial charge in [0.15, 0.2) is 0 Å². The highest BCUT2D eigenvalue weighted by Gasteiger charge is 2.28. The normalized spacial score (nSPS) is 21.0. The van der Waals surface area contributed by atoms with Gasteiger partial charge in [-0.25, -0.2) is 0 Å². The molecule has 0 aromatic rings. The highest BCUT2D eigenvalue weighted by molar-refractivity contribution is 4.84. The summed E-state index contributed by atoms with van der Waals surface area (Å²) in [5.74, 6) is 0. The molecule has 1 saturated heterocycles. The molecule has 0 unspecified atom stereocenters. The number of methoxy groups -OCH3 is 1. The Morgan fingerprint density at radius 3 is 2.27 bits per heavy atom. The van der Waals surface area contributed by atoms with Crippen molar-refractivity contribution >= 4 is 0 Å². The SMILES string of the molecule is COCC(C)(C)N1CCCC1. The molecule has 2 nitrogen and oxygen atoms in total. The Hall–Kier alpha value is -0.0800. The zero-order valence-corrected chi connectivity index (χ0v) is 7.89. The predicted molar refractivity (Wildman–Crippen MR) is 46.8 cm³/mol. The van der Waals surface area contributed by atoms with Gasteiger partial charge in [-0.3, -0.25) is 4.90 Å². The minimum atomic E-state index is 0.241. The fourth-order valence-corrected chi connectivity index (χ4v) is 1.77. The Morgan fingerprint density at radius 1 is 1.27 bits per heavy atom. The van der Waals surface area contributed by atoms with Gasteiger partial charge in [0.05, 0.1) is 6.61 Å². The molecule has 1 aliphatic heterocycles. The van der Waals surface area contributed by atoms with Crippen molar-refractivity contribution in [2.75, 3.05) is 26.8 Å². The van der Waals surface area contributed by atoms with Crippen molar-refractivity contribution in [2.24, 2.45) is 0 Å². The van der Waals surface area contributed by atoms with E-state index in [0.29, 0.717) is 0 Å². The van der Waals surface area contributed by atoms with Gasteiger partial charge in [-0.2, -0.15) is 0 Å². The highest BCUT2D eigenvalue weighted by Crippen LogP contribution is 2.20. The van der Waals surface area contributed by atoms with Crippen LogP contribution in [-0.4, -0.2) is 37.2 Å². The first kappa shape index (κ1) is 9.01. The van der Waals surface area contributed by atoms with Gasteiger partial charge < -0.3 is 4.74 Å². The number of nitrogens with zero attached hydrogens (tertiary/aromatic N) is 1. The average molecular weight is 157 g/mol. The molecule has 11 heavy (non-hydrogen) atoms. The molecule has 1 rings (SSSR count). The third-order valence-electron chi connectivity index (χ3n) is 2.46. The van der Waals surface area contributed by atoms with Crippen LogP contribution in [0.1, 0.15) is 26.7 Å². The van der Waals surface area contributed by atoms with Gasteiger partial charge in [-0.15, -0.1) is 0 Å². The van der Waals surface area contributed by atoms with E-state index in [-0.39, 0.29) is 5.54 Å². The molecular formula is C9H19NO. The fourth-order valence-electron chi connectivity index (χ4n) is 1.77. The molecule has 0 radical (unpaired) electrons. The van der Waals surface area contributed by atoms with Gasteiger partial charge in [0.25, 0.3) is 0 Å². The van der Waals surface area contributed by atoms with E-state index in [9.17, 15) is 0 Å². The van der Waals surface area contributed by atoms with Crippen LogP contribution in [-0.2, 0) is 4.74 Å². The summed E-state index contributed by atoms with van der Waals surface area (Å²) < 4.78 is 5.18. The highest BCUT2D eigenvalue weighted by atomic mass is 16.5. The van der Waals surface area contributed by atoms with E-state index in [1.807, 2.05) is 0 Å². The lowest BCUT2D eigenvalue weighted by atomic mass is 10.1. The molecule has 0 spiro atoms. The molecule has 0 aliphatic carbocycles. The third kappa shape index (κ3) is 2.17. The summed E-state index contributed by atoms with van der Waals surface area (Å²) in [6.07, 6.45) is 2.71. The largest absolute Gasteiger partial charge is 0.383 e. The second kappa shape index (κ2) is 3.55. The van der Waals surface area contributed by atoms with E-state index in [1.54, 1.807) is 7.11 Å². The second-order valence-corrected chi connectivity index (χ2v) is 3.94. The number of hydrogen-bond donors (Lipinski definition) is 0. The van der Waals surface area contributed by atoms with Gasteiger partial charge in [-0.1, -0.05) is 0 Å². The Morgan fingerprint density at radius 2 is 1.82 bits per heavy atom. The average Bonchev–Trinajstić information content (AvgIpc) is 2.37. The number of rotatable bonds is 3. The van der Waals surface area contributed by atoms with Crippen molar-refractivity contribution in [2.45, 2.75) is 32.2 Å². The van der Waals surface area contributed by atoms with Crippen LogP contribution in [0.2, 0.25) is 0 Å². The third-order valence-corrected chi connectivity index (χ3v) is 2.46. The Balaban J connectivity index is 2.41. The smallest absolute Gasteiger partial charge is 0.0641 e. The molecule has 0 atom stereocenters. The van der Waals surface area contributed by atoms with E-state index in [0.717, 1.165) is 6.61 Å². The molecule has 2 heteroatoms. The van der Waals surface area contributed by atoms with Crippen molar-refractivity contribution in [3.63, 3.8) is 0 Å². The van der Waals surface area contributed by atoms with E-state index < -0.39 is 0 Å². The van der Waals surface area contributed by atoms with E-state index in [2.05, 4.69) is 18.7 Å². The van der Waals surface area contributed by atoms with Gasteiger partial charge >= 0.3 is 0 Å². The molecule has 0 aromatic heterocycles. The van der Waals surface area contributed by atoms with Crippen molar-refractivity contribution in [3.05, 3.63) is 0 Å². The molecule has 1 aliphatic rings. The Bertz CT molecular complexity index is 117. The molecular weight excluding hydrogens is 138 g/mol. The molecule has 0 amide bonds. The lowest BCUT2D eigenvalue weighted by Gasteiger charge is -2.34. The van der Waals surface area contributed by atoms with Crippen LogP contribution >= 0.6 is 0 Å². The lowest BCUT2D eigenvalue weighted by molar-refractivity contribution is 0.0492. The van der Waals surface area contributed by atoms with Crippen molar-refractivity contribution in [1.82, 2.24) is 4.90 Å². The number of likely N-dealkylation sites (tertiary alicyclic amines) is 1. The molecule has 0 aromatic carbocycles. The molecule has 0 N–H and O–H groups in total. The van der Waals surface area contributed by atoms with Gasteiger partial charge in [0.1, 0.15) is 0 Å². The zero-order chi connectivity index (χ0) is 8.32. The van der Waals surface area contributed by atoms with Gasteiger partial charge in [0.2, 0.25) is 0 Å². The zero-order valence-electron chi connectivity index (χ0n) is 7.89. The van der Waals surface area contributed by atoms with E-state index in [1.165, 1.54) is 25.9 Å². The molecule has 66 valence electrons. The summed E-state index contributed by atoms with van der Waals surface area (Å²) in [5.41, 5.74) is 0.241. The van der Waals surface area contributed by atoms with Crippen LogP contribution in [0.3, 0.4) is 0 Å². The summed E-state index contributed by atoms with van der Waals surface area (Å²) in [5, 5.41) is 0. The van der Waals surface area contributed by atoms with Crippen LogP contribution in [0.15, 0.2) is 0 Å². The molecule has 0 saturated carbocycles. The lowest BCUT2D eigenvalue weighted by Crippen LogP contribution is -2.45. The summed E-state index contributed by atoms with van der Waals surface area (Å²) in [4.78, 5) is 2.51. The van der Waals surface area contributed by atoms with Crippen LogP contribution in [0.4, 0.5) is 0 Å². The summed E-state index contributed by atoms with van der Waals surface area (Å²) in [7, 11) is 1.78. The maximum absolute atomic E-state index is 5.18. The minimum Gasteiger partial charge on any atom is -0.383 e. The summed E-state index contributed by atoms with van der Waals surface area (Å²) in [6, 6.07) is 0. The van der Waals surface area contributed by atoms with Gasteiger partial charge in [-0.05, 0) is 39.8 Å². The maximum Gasteiger partial charge on any atom is 0.0641 e. The van der Waals surface area contributed by atoms with Crippen molar-refractivity contribution in [1.29, 1.82) is 0 Å². The first-order valence-corrected chi connectivity index (χ1v) is 4.41. The Kier molecular flexibility index (Phi) is 2.90. The van der Waals surface area contributed by atoms with E-state index in [4.69, 9.17) is 4.74 Å². The van der Waals surface area contributed by atoms with Crippen LogP contribution in [0.5, 0.6) is 0 Å². The summed E-state index contributed by atoms with van der Waals surface area (Å²) in [6.45, 7) is 7.84. The van der Waals surface area contributed by atoms with Crippen LogP contribution in [0, 0.1) is 0 Å². The topological polar surface area (TPSA) is 12.5 Å². The first-order valence-electron chi connectivity index (χ1n) is 4.41. The monoisotopic (exact) mass is 157 g/mol. The predicted octanol–water partition coefficient (Wildman–Crippen LogP) is 1.51. The van der Waals surface area contributed by atoms with E-state index >= 15 is 0 Å². The van der Waals surface area contributed by atoms with Gasteiger partial charge in [0, 0.05) is 12.6 Å². The first-order chi connectivity index (χ1) is 5.17.